The van der Waals surface area contributed by atoms with Crippen LogP contribution in [0.3, 0.4) is 0 Å². The topological polar surface area (TPSA) is 29.5 Å². The van der Waals surface area contributed by atoms with E-state index in [1.54, 1.807) is 12.1 Å². The number of halogens is 2. The third-order valence-electron chi connectivity index (χ3n) is 4.42. The second-order valence-electron chi connectivity index (χ2n) is 6.84. The molecule has 0 saturated heterocycles. The maximum Gasteiger partial charge on any atom is 0.341 e. The van der Waals surface area contributed by atoms with E-state index in [1.807, 2.05) is 43.3 Å². The highest BCUT2D eigenvalue weighted by Crippen LogP contribution is 2.14. The molecule has 0 fully saturated rings. The van der Waals surface area contributed by atoms with E-state index in [1.165, 1.54) is 23.3 Å². The highest BCUT2D eigenvalue weighted by atomic mass is 35.5. The van der Waals surface area contributed by atoms with Gasteiger partial charge in [-0.1, -0.05) is 72.8 Å². The Morgan fingerprint density at radius 2 is 1.34 bits per heavy atom. The van der Waals surface area contributed by atoms with Crippen LogP contribution in [0.1, 0.15) is 28.4 Å². The Bertz CT molecular complexity index is 848. The average Bonchev–Trinajstić information content (AvgIpc) is 2.69. The van der Waals surface area contributed by atoms with Crippen molar-refractivity contribution in [2.45, 2.75) is 26.1 Å². The summed E-state index contributed by atoms with van der Waals surface area (Å²) < 4.78 is 19.3. The van der Waals surface area contributed by atoms with Crippen molar-refractivity contribution in [2.75, 3.05) is 6.54 Å². The molecule has 3 rings (SSSR count). The first-order chi connectivity index (χ1) is 13.6. The summed E-state index contributed by atoms with van der Waals surface area (Å²) in [6, 6.07) is 26.2. The summed E-state index contributed by atoms with van der Waals surface area (Å²) in [4.78, 5) is 14.5. The molecule has 1 unspecified atom stereocenters. The van der Waals surface area contributed by atoms with Crippen LogP contribution in [0.25, 0.3) is 0 Å². The minimum Gasteiger partial charge on any atom is -0.458 e. The predicted octanol–water partition coefficient (Wildman–Crippen LogP) is 5.50. The summed E-state index contributed by atoms with van der Waals surface area (Å²) in [6.07, 6.45) is -0.375. The van der Waals surface area contributed by atoms with Gasteiger partial charge in [0.25, 0.3) is 0 Å². The maximum atomic E-state index is 13.8. The normalized spacial score (nSPS) is 11.6. The van der Waals surface area contributed by atoms with Crippen molar-refractivity contribution in [3.63, 3.8) is 0 Å². The second kappa shape index (κ2) is 11.3. The van der Waals surface area contributed by atoms with Crippen LogP contribution in [0.15, 0.2) is 84.9 Å². The van der Waals surface area contributed by atoms with E-state index < -0.39 is 11.8 Å². The van der Waals surface area contributed by atoms with Gasteiger partial charge in [0.15, 0.2) is 0 Å². The fourth-order valence-electron chi connectivity index (χ4n) is 3.14. The van der Waals surface area contributed by atoms with Gasteiger partial charge < -0.3 is 4.74 Å². The number of rotatable bonds is 8. The zero-order valence-electron chi connectivity index (χ0n) is 16.3. The smallest absolute Gasteiger partial charge is 0.341 e. The zero-order valence-corrected chi connectivity index (χ0v) is 17.1. The molecule has 3 nitrogen and oxygen atoms in total. The number of benzene rings is 3. The molecule has 0 radical (unpaired) electrons. The molecule has 0 bridgehead atoms. The molecule has 0 spiro atoms. The highest BCUT2D eigenvalue weighted by Gasteiger charge is 2.18. The van der Waals surface area contributed by atoms with E-state index in [0.29, 0.717) is 6.54 Å². The summed E-state index contributed by atoms with van der Waals surface area (Å²) in [5.41, 5.74) is 2.34. The van der Waals surface area contributed by atoms with Gasteiger partial charge in [-0.05, 0) is 30.2 Å². The van der Waals surface area contributed by atoms with Crippen LogP contribution in [-0.2, 0) is 17.8 Å². The Morgan fingerprint density at radius 3 is 1.86 bits per heavy atom. The van der Waals surface area contributed by atoms with Crippen LogP contribution < -0.4 is 0 Å². The van der Waals surface area contributed by atoms with E-state index in [9.17, 15) is 9.18 Å². The summed E-state index contributed by atoms with van der Waals surface area (Å²) in [5, 5.41) is 0. The average molecular weight is 414 g/mol. The van der Waals surface area contributed by atoms with Gasteiger partial charge in [-0.2, -0.15) is 0 Å². The standard InChI is InChI=1S/C24H24FNO2.ClH/c1-19(28-24(27)22-14-8-9-15-23(22)25)16-26(17-20-10-4-2-5-11-20)18-21-12-6-3-7-13-21;/h2-15,19H,16-18H2,1H3;1H. The predicted molar refractivity (Wildman–Crippen MR) is 116 cm³/mol. The highest BCUT2D eigenvalue weighted by molar-refractivity contribution is 5.89. The number of esters is 1. The Balaban J connectivity index is 0.00000300. The number of ether oxygens (including phenoxy) is 1. The molecular formula is C24H25ClFNO2. The molecule has 1 atom stereocenters. The summed E-state index contributed by atoms with van der Waals surface area (Å²) >= 11 is 0. The van der Waals surface area contributed by atoms with Gasteiger partial charge in [-0.25, -0.2) is 9.18 Å². The van der Waals surface area contributed by atoms with E-state index in [-0.39, 0.29) is 24.1 Å². The van der Waals surface area contributed by atoms with Crippen molar-refractivity contribution < 1.29 is 13.9 Å². The van der Waals surface area contributed by atoms with Gasteiger partial charge in [0.05, 0.1) is 5.56 Å². The summed E-state index contributed by atoms with van der Waals surface area (Å²) in [6.45, 7) is 3.85. The quantitative estimate of drug-likeness (QED) is 0.457. The molecule has 0 amide bonds. The number of carbonyl (C=O) groups excluding carboxylic acids is 1. The molecule has 0 heterocycles. The maximum absolute atomic E-state index is 13.8. The summed E-state index contributed by atoms with van der Waals surface area (Å²) in [7, 11) is 0. The number of hydrogen-bond acceptors (Lipinski definition) is 3. The third-order valence-corrected chi connectivity index (χ3v) is 4.42. The Morgan fingerprint density at radius 1 is 0.862 bits per heavy atom. The largest absolute Gasteiger partial charge is 0.458 e. The lowest BCUT2D eigenvalue weighted by molar-refractivity contribution is 0.0232. The van der Waals surface area contributed by atoms with Crippen molar-refractivity contribution >= 4 is 18.4 Å². The fourth-order valence-corrected chi connectivity index (χ4v) is 3.14. The minimum atomic E-state index is -0.634. The van der Waals surface area contributed by atoms with Crippen molar-refractivity contribution in [2.24, 2.45) is 0 Å². The van der Waals surface area contributed by atoms with Crippen LogP contribution >= 0.6 is 12.4 Å². The van der Waals surface area contributed by atoms with Gasteiger partial charge in [0, 0.05) is 19.6 Å². The van der Waals surface area contributed by atoms with Gasteiger partial charge in [-0.3, -0.25) is 4.90 Å². The van der Waals surface area contributed by atoms with Crippen molar-refractivity contribution in [1.82, 2.24) is 4.90 Å². The van der Waals surface area contributed by atoms with Crippen LogP contribution in [-0.4, -0.2) is 23.5 Å². The Hall–Kier alpha value is -2.69. The van der Waals surface area contributed by atoms with Crippen LogP contribution in [0.5, 0.6) is 0 Å². The van der Waals surface area contributed by atoms with Crippen molar-refractivity contribution in [3.05, 3.63) is 107 Å². The van der Waals surface area contributed by atoms with E-state index in [0.717, 1.165) is 13.1 Å². The summed E-state index contributed by atoms with van der Waals surface area (Å²) in [5.74, 6) is -1.20. The van der Waals surface area contributed by atoms with E-state index in [4.69, 9.17) is 4.74 Å². The molecule has 0 aliphatic heterocycles. The lowest BCUT2D eigenvalue weighted by Gasteiger charge is -2.26. The lowest BCUT2D eigenvalue weighted by Crippen LogP contribution is -2.33. The van der Waals surface area contributed by atoms with Crippen LogP contribution in [0, 0.1) is 5.82 Å². The molecule has 0 aliphatic carbocycles. The molecule has 0 aromatic heterocycles. The Kier molecular flexibility index (Phi) is 8.84. The van der Waals surface area contributed by atoms with Gasteiger partial charge >= 0.3 is 5.97 Å². The van der Waals surface area contributed by atoms with Crippen molar-refractivity contribution in [3.8, 4) is 0 Å². The second-order valence-corrected chi connectivity index (χ2v) is 6.84. The van der Waals surface area contributed by atoms with E-state index in [2.05, 4.69) is 29.2 Å². The fraction of sp³-hybridized carbons (Fsp3) is 0.208. The zero-order chi connectivity index (χ0) is 19.8. The molecule has 3 aromatic carbocycles. The van der Waals surface area contributed by atoms with Crippen molar-refractivity contribution in [1.29, 1.82) is 0 Å². The molecule has 3 aromatic rings. The van der Waals surface area contributed by atoms with Gasteiger partial charge in [0.2, 0.25) is 0 Å². The molecule has 29 heavy (non-hydrogen) atoms. The third kappa shape index (κ3) is 7.00. The number of hydrogen-bond donors (Lipinski definition) is 0. The molecule has 152 valence electrons. The first kappa shape index (κ1) is 22.6. The monoisotopic (exact) mass is 413 g/mol. The first-order valence-corrected chi connectivity index (χ1v) is 9.37. The van der Waals surface area contributed by atoms with Crippen LogP contribution in [0.4, 0.5) is 4.39 Å². The van der Waals surface area contributed by atoms with Crippen LogP contribution in [0.2, 0.25) is 0 Å². The molecular weight excluding hydrogens is 389 g/mol. The first-order valence-electron chi connectivity index (χ1n) is 9.37. The number of nitrogens with zero attached hydrogens (tertiary/aromatic N) is 1. The molecule has 5 heteroatoms. The Labute approximate surface area is 177 Å². The molecule has 0 saturated carbocycles. The SMILES string of the molecule is CC(CN(Cc1ccccc1)Cc1ccccc1)OC(=O)c1ccccc1F.Cl. The van der Waals surface area contributed by atoms with Gasteiger partial charge in [0.1, 0.15) is 11.9 Å². The van der Waals surface area contributed by atoms with E-state index >= 15 is 0 Å². The molecule has 0 aliphatic rings. The molecule has 0 N–H and O–H groups in total. The minimum absolute atomic E-state index is 0. The van der Waals surface area contributed by atoms with Gasteiger partial charge in [-0.15, -0.1) is 12.4 Å². The lowest BCUT2D eigenvalue weighted by atomic mass is 10.1. The number of carbonyl (C=O) groups is 1.